The van der Waals surface area contributed by atoms with Crippen molar-refractivity contribution < 1.29 is 38.1 Å². The second-order valence-electron chi connectivity index (χ2n) is 19.3. The highest BCUT2D eigenvalue weighted by atomic mass is 32.2. The molecule has 4 aromatic heterocycles. The molecule has 4 N–H and O–H groups in total. The Hall–Kier alpha value is -5.89. The molecule has 0 unspecified atom stereocenters. The molecule has 4 amide bonds. The van der Waals surface area contributed by atoms with Crippen LogP contribution in [0.25, 0.3) is 11.3 Å². The van der Waals surface area contributed by atoms with Crippen LogP contribution >= 0.6 is 23.5 Å². The molecule has 0 radical (unpaired) electrons. The van der Waals surface area contributed by atoms with E-state index in [0.29, 0.717) is 72.1 Å². The molecule has 2 fully saturated rings. The molecule has 2 atom stereocenters. The Kier molecular flexibility index (Phi) is 15.5. The highest BCUT2D eigenvalue weighted by Gasteiger charge is 2.31. The maximum Gasteiger partial charge on any atom is 0.413 e. The first-order valence-electron chi connectivity index (χ1n) is 21.1. The van der Waals surface area contributed by atoms with Gasteiger partial charge in [-0.05, 0) is 114 Å². The van der Waals surface area contributed by atoms with Crippen molar-refractivity contribution in [2.75, 3.05) is 52.9 Å². The molecule has 2 aliphatic heterocycles. The van der Waals surface area contributed by atoms with E-state index in [-0.39, 0.29) is 12.1 Å². The number of hydrogen-bond acceptors (Lipinski definition) is 17. The summed E-state index contributed by atoms with van der Waals surface area (Å²) < 4.78 is 24.5. The van der Waals surface area contributed by atoms with Crippen LogP contribution in [-0.2, 0) is 18.9 Å². The number of ether oxygens (including phenoxy) is 4. The fourth-order valence-electron chi connectivity index (χ4n) is 6.56. The number of nitrogens with zero attached hydrogens (tertiary/aromatic N) is 9. The number of thiocyanates is 1. The standard InChI is InChI=1S/C21H29N7O4S.C21H32N6O4S/c1-20(2,3)31-18(29)24-13-7-8-27(11-13)15-9-16(26-19(30)32-21(4,5)6)28-17(25-15)14(10-23-28)33-12-22;1-20(2,3)30-18(28)23-13-8-9-26(12-13)15-10-16(25-19(29)31-21(4,5)6)27-17(24-15)14(32-7)11-22-27/h9-10,13H,7-8,11H2,1-6H3,(H,24,29)(H,26,30);10-11,13H,8-9,12H2,1-7H3,(H,23,28)(H,25,29)/t2*13-/m00/s1. The number of aromatic nitrogens is 6. The lowest BCUT2D eigenvalue weighted by Gasteiger charge is -2.23. The number of rotatable bonds is 8. The van der Waals surface area contributed by atoms with Gasteiger partial charge in [-0.2, -0.15) is 24.5 Å². The maximum absolute atomic E-state index is 12.4. The summed E-state index contributed by atoms with van der Waals surface area (Å²) in [7, 11) is 0. The third kappa shape index (κ3) is 14.8. The normalized spacial score (nSPS) is 16.6. The minimum atomic E-state index is -0.666. The van der Waals surface area contributed by atoms with E-state index in [9.17, 15) is 19.2 Å². The quantitative estimate of drug-likeness (QED) is 0.0753. The summed E-state index contributed by atoms with van der Waals surface area (Å²) in [6.45, 7) is 24.1. The van der Waals surface area contributed by atoms with E-state index >= 15 is 0 Å². The monoisotopic (exact) mass is 939 g/mol. The molecule has 0 aromatic carbocycles. The van der Waals surface area contributed by atoms with Crippen LogP contribution in [0.4, 0.5) is 42.4 Å². The Bertz CT molecular complexity index is 2410. The average Bonchev–Trinajstić information content (AvgIpc) is 3.96. The lowest BCUT2D eigenvalue weighted by atomic mass is 10.2. The average molecular weight is 940 g/mol. The summed E-state index contributed by atoms with van der Waals surface area (Å²) in [5, 5.41) is 31.1. The molecule has 0 saturated carbocycles. The van der Waals surface area contributed by atoms with Gasteiger partial charge in [0.15, 0.2) is 11.3 Å². The predicted molar refractivity (Wildman–Crippen MR) is 249 cm³/mol. The van der Waals surface area contributed by atoms with Crippen LogP contribution in [0.3, 0.4) is 0 Å². The van der Waals surface area contributed by atoms with Crippen molar-refractivity contribution in [1.29, 1.82) is 5.26 Å². The summed E-state index contributed by atoms with van der Waals surface area (Å²) >= 11 is 2.46. The topological polar surface area (TPSA) is 244 Å². The van der Waals surface area contributed by atoms with E-state index in [0.717, 1.165) is 23.1 Å². The third-order valence-corrected chi connectivity index (χ3v) is 10.3. The Balaban J connectivity index is 0.000000244. The van der Waals surface area contributed by atoms with Crippen LogP contribution in [0.2, 0.25) is 0 Å². The Morgan fingerprint density at radius 1 is 0.631 bits per heavy atom. The highest BCUT2D eigenvalue weighted by molar-refractivity contribution is 8.03. The summed E-state index contributed by atoms with van der Waals surface area (Å²) in [4.78, 5) is 64.0. The van der Waals surface area contributed by atoms with Crippen LogP contribution in [0.5, 0.6) is 0 Å². The van der Waals surface area contributed by atoms with Gasteiger partial charge in [0.25, 0.3) is 0 Å². The van der Waals surface area contributed by atoms with Crippen LogP contribution in [-0.4, -0.2) is 120 Å². The lowest BCUT2D eigenvalue weighted by Crippen LogP contribution is -2.40. The van der Waals surface area contributed by atoms with Gasteiger partial charge < -0.3 is 39.4 Å². The van der Waals surface area contributed by atoms with Crippen molar-refractivity contribution in [2.24, 2.45) is 0 Å². The van der Waals surface area contributed by atoms with Crippen molar-refractivity contribution >= 4 is 82.5 Å². The van der Waals surface area contributed by atoms with Crippen LogP contribution < -0.4 is 31.1 Å². The molecule has 65 heavy (non-hydrogen) atoms. The molecule has 4 aromatic rings. The molecular formula is C42H61N13O8S2. The molecule has 354 valence electrons. The Morgan fingerprint density at radius 2 is 1.00 bits per heavy atom. The zero-order valence-corrected chi connectivity index (χ0v) is 40.9. The van der Waals surface area contributed by atoms with Gasteiger partial charge in [-0.15, -0.1) is 11.8 Å². The summed E-state index contributed by atoms with van der Waals surface area (Å²) in [6, 6.07) is 3.29. The van der Waals surface area contributed by atoms with Gasteiger partial charge in [-0.3, -0.25) is 10.6 Å². The molecule has 0 bridgehead atoms. The summed E-state index contributed by atoms with van der Waals surface area (Å²) in [5.74, 6) is 2.09. The van der Waals surface area contributed by atoms with Crippen molar-refractivity contribution in [2.45, 2.75) is 140 Å². The van der Waals surface area contributed by atoms with E-state index in [1.54, 1.807) is 43.6 Å². The zero-order chi connectivity index (χ0) is 48.1. The van der Waals surface area contributed by atoms with Gasteiger partial charge in [0.05, 0.1) is 34.3 Å². The molecular weight excluding hydrogens is 879 g/mol. The Labute approximate surface area is 387 Å². The largest absolute Gasteiger partial charge is 0.444 e. The van der Waals surface area contributed by atoms with E-state index in [4.69, 9.17) is 29.2 Å². The molecule has 6 heterocycles. The predicted octanol–water partition coefficient (Wildman–Crippen LogP) is 7.65. The molecule has 23 heteroatoms. The fourth-order valence-corrected chi connectivity index (χ4v) is 7.45. The number of nitrogens with one attached hydrogen (secondary N) is 4. The van der Waals surface area contributed by atoms with E-state index in [1.165, 1.54) is 22.5 Å². The Morgan fingerprint density at radius 3 is 1.37 bits per heavy atom. The first-order chi connectivity index (χ1) is 30.2. The first-order valence-corrected chi connectivity index (χ1v) is 23.1. The summed E-state index contributed by atoms with van der Waals surface area (Å²) in [5.41, 5.74) is -1.33. The van der Waals surface area contributed by atoms with Crippen LogP contribution in [0.1, 0.15) is 95.9 Å². The number of amides is 4. The minimum absolute atomic E-state index is 0.0601. The maximum atomic E-state index is 12.4. The number of fused-ring (bicyclic) bond motifs is 2. The third-order valence-electron chi connectivity index (χ3n) is 8.95. The van der Waals surface area contributed by atoms with Crippen LogP contribution in [0.15, 0.2) is 34.3 Å². The molecule has 21 nitrogen and oxygen atoms in total. The van der Waals surface area contributed by atoms with Gasteiger partial charge in [-0.1, -0.05) is 0 Å². The van der Waals surface area contributed by atoms with E-state index in [1.807, 2.05) is 78.9 Å². The van der Waals surface area contributed by atoms with E-state index < -0.39 is 46.8 Å². The number of thioether (sulfide) groups is 2. The molecule has 0 spiro atoms. The number of carbonyl (C=O) groups is 4. The van der Waals surface area contributed by atoms with Gasteiger partial charge in [0, 0.05) is 38.3 Å². The lowest BCUT2D eigenvalue weighted by molar-refractivity contribution is 0.0497. The van der Waals surface area contributed by atoms with Crippen molar-refractivity contribution in [3.63, 3.8) is 0 Å². The molecule has 2 aliphatic rings. The van der Waals surface area contributed by atoms with Gasteiger partial charge in [0.2, 0.25) is 0 Å². The molecule has 0 aliphatic carbocycles. The number of carbonyl (C=O) groups excluding carboxylic acids is 4. The first kappa shape index (κ1) is 50.1. The van der Waals surface area contributed by atoms with Gasteiger partial charge >= 0.3 is 24.4 Å². The van der Waals surface area contributed by atoms with Gasteiger partial charge in [0.1, 0.15) is 51.1 Å². The second kappa shape index (κ2) is 20.1. The number of alkyl carbamates (subject to hydrolysis) is 2. The van der Waals surface area contributed by atoms with Crippen molar-refractivity contribution in [3.8, 4) is 5.40 Å². The number of hydrogen-bond donors (Lipinski definition) is 4. The smallest absolute Gasteiger partial charge is 0.413 e. The minimum Gasteiger partial charge on any atom is -0.444 e. The van der Waals surface area contributed by atoms with Crippen molar-refractivity contribution in [3.05, 3.63) is 24.5 Å². The van der Waals surface area contributed by atoms with Gasteiger partial charge in [-0.25, -0.2) is 29.1 Å². The highest BCUT2D eigenvalue weighted by Crippen LogP contribution is 2.30. The SMILES string of the molecule is CC(C)(C)OC(=O)Nc1cc(N2CC[C@H](NC(=O)OC(C)(C)C)C2)nc2c(SC#N)cnn12.CSc1cnn2c(NC(=O)OC(C)(C)C)cc(N3CC[C@H](NC(=O)OC(C)(C)C)C3)nc12. The van der Waals surface area contributed by atoms with Crippen molar-refractivity contribution in [1.82, 2.24) is 39.8 Å². The molecule has 6 rings (SSSR count). The van der Waals surface area contributed by atoms with E-state index in [2.05, 4.69) is 41.3 Å². The second-order valence-corrected chi connectivity index (χ2v) is 21.0. The molecule has 2 saturated heterocycles. The number of nitriles is 1. The zero-order valence-electron chi connectivity index (χ0n) is 39.3. The van der Waals surface area contributed by atoms with Crippen LogP contribution in [0, 0.1) is 10.7 Å². The fraction of sp³-hybridized carbons (Fsp3) is 0.595. The number of anilines is 4. The summed E-state index contributed by atoms with van der Waals surface area (Å²) in [6.07, 6.45) is 4.57.